The SMILES string of the molecule is CCCC(c1nc2ccc(NC3CCN(C)CC3)cc2c(=O)n1CC)N1C[C@H](C)C[C@H](C)C1. The summed E-state index contributed by atoms with van der Waals surface area (Å²) in [7, 11) is 2.18. The summed E-state index contributed by atoms with van der Waals surface area (Å²) in [6, 6.07) is 6.85. The second-order valence-electron chi connectivity index (χ2n) is 10.7. The van der Waals surface area contributed by atoms with Crippen LogP contribution in [0.15, 0.2) is 23.0 Å². The minimum atomic E-state index is 0.101. The quantitative estimate of drug-likeness (QED) is 0.656. The monoisotopic (exact) mass is 453 g/mol. The van der Waals surface area contributed by atoms with Gasteiger partial charge in [0.1, 0.15) is 5.82 Å². The Kier molecular flexibility index (Phi) is 7.75. The molecule has 6 nitrogen and oxygen atoms in total. The maximum atomic E-state index is 13.7. The minimum Gasteiger partial charge on any atom is -0.382 e. The highest BCUT2D eigenvalue weighted by Gasteiger charge is 2.31. The lowest BCUT2D eigenvalue weighted by molar-refractivity contribution is 0.0836. The van der Waals surface area contributed by atoms with Crippen LogP contribution in [-0.2, 0) is 6.54 Å². The van der Waals surface area contributed by atoms with Gasteiger partial charge in [-0.3, -0.25) is 14.3 Å². The Morgan fingerprint density at radius 3 is 2.45 bits per heavy atom. The molecule has 0 amide bonds. The largest absolute Gasteiger partial charge is 0.382 e. The molecule has 1 aromatic heterocycles. The maximum Gasteiger partial charge on any atom is 0.261 e. The molecular formula is C27H43N5O. The third-order valence-electron chi connectivity index (χ3n) is 7.59. The Hall–Kier alpha value is -1.92. The van der Waals surface area contributed by atoms with Crippen molar-refractivity contribution in [2.24, 2.45) is 11.8 Å². The number of likely N-dealkylation sites (tertiary alicyclic amines) is 2. The minimum absolute atomic E-state index is 0.101. The van der Waals surface area contributed by atoms with Gasteiger partial charge in [0.25, 0.3) is 5.56 Å². The average molecular weight is 454 g/mol. The Labute approximate surface area is 199 Å². The molecule has 2 aliphatic heterocycles. The van der Waals surface area contributed by atoms with Gasteiger partial charge in [-0.05, 0) is 82.8 Å². The number of rotatable bonds is 7. The molecule has 2 aliphatic rings. The van der Waals surface area contributed by atoms with Gasteiger partial charge in [0, 0.05) is 31.4 Å². The Morgan fingerprint density at radius 2 is 1.82 bits per heavy atom. The average Bonchev–Trinajstić information content (AvgIpc) is 2.78. The number of fused-ring (bicyclic) bond motifs is 1. The fourth-order valence-corrected chi connectivity index (χ4v) is 5.99. The molecule has 1 aromatic carbocycles. The molecule has 6 heteroatoms. The second kappa shape index (κ2) is 10.6. The van der Waals surface area contributed by atoms with Crippen molar-refractivity contribution in [2.45, 2.75) is 78.4 Å². The van der Waals surface area contributed by atoms with Crippen LogP contribution in [0, 0.1) is 11.8 Å². The summed E-state index contributed by atoms with van der Waals surface area (Å²) in [6.45, 7) is 14.1. The van der Waals surface area contributed by atoms with E-state index in [0.717, 1.165) is 74.3 Å². The van der Waals surface area contributed by atoms with Gasteiger partial charge in [-0.25, -0.2) is 4.98 Å². The molecule has 3 heterocycles. The molecule has 1 N–H and O–H groups in total. The normalized spacial score (nSPS) is 24.3. The molecule has 2 fully saturated rings. The number of piperidine rings is 2. The highest BCUT2D eigenvalue weighted by atomic mass is 16.1. The lowest BCUT2D eigenvalue weighted by Gasteiger charge is -2.40. The summed E-state index contributed by atoms with van der Waals surface area (Å²) in [5.74, 6) is 2.32. The molecule has 0 radical (unpaired) electrons. The van der Waals surface area contributed by atoms with Crippen molar-refractivity contribution >= 4 is 16.6 Å². The van der Waals surface area contributed by atoms with Crippen molar-refractivity contribution in [3.05, 3.63) is 34.4 Å². The standard InChI is InChI=1S/C27H43N5O/c1-6-8-25(31-17-19(3)15-20(4)18-31)26-29-24-10-9-22(16-23(24)27(33)32(26)7-2)28-21-11-13-30(5)14-12-21/h9-10,16,19-21,25,28H,6-8,11-15,17-18H2,1-5H3/t19-,20+,25?. The Balaban J connectivity index is 1.67. The van der Waals surface area contributed by atoms with E-state index in [1.165, 1.54) is 6.42 Å². The van der Waals surface area contributed by atoms with Crippen molar-refractivity contribution in [3.8, 4) is 0 Å². The van der Waals surface area contributed by atoms with Crippen LogP contribution in [0.2, 0.25) is 0 Å². The van der Waals surface area contributed by atoms with E-state index in [0.29, 0.717) is 24.4 Å². The smallest absolute Gasteiger partial charge is 0.261 e. The summed E-state index contributed by atoms with van der Waals surface area (Å²) in [5.41, 5.74) is 1.96. The molecule has 4 rings (SSSR count). The first-order valence-electron chi connectivity index (χ1n) is 13.1. The lowest BCUT2D eigenvalue weighted by atomic mass is 9.90. The molecule has 1 unspecified atom stereocenters. The van der Waals surface area contributed by atoms with Crippen LogP contribution in [0.1, 0.15) is 71.7 Å². The molecule has 0 saturated carbocycles. The zero-order chi connectivity index (χ0) is 23.5. The number of aromatic nitrogens is 2. The van der Waals surface area contributed by atoms with E-state index >= 15 is 0 Å². The fraction of sp³-hybridized carbons (Fsp3) is 0.704. The van der Waals surface area contributed by atoms with Gasteiger partial charge in [-0.2, -0.15) is 0 Å². The molecule has 33 heavy (non-hydrogen) atoms. The first-order chi connectivity index (χ1) is 15.9. The molecule has 0 spiro atoms. The number of benzene rings is 1. The Morgan fingerprint density at radius 1 is 1.12 bits per heavy atom. The van der Waals surface area contributed by atoms with Crippen LogP contribution >= 0.6 is 0 Å². The predicted molar refractivity (Wildman–Crippen MR) is 138 cm³/mol. The van der Waals surface area contributed by atoms with Gasteiger partial charge in [-0.15, -0.1) is 0 Å². The number of nitrogens with one attached hydrogen (secondary N) is 1. The van der Waals surface area contributed by atoms with E-state index in [9.17, 15) is 4.79 Å². The van der Waals surface area contributed by atoms with Crippen molar-refractivity contribution in [1.82, 2.24) is 19.4 Å². The van der Waals surface area contributed by atoms with Gasteiger partial charge < -0.3 is 10.2 Å². The van der Waals surface area contributed by atoms with Crippen LogP contribution < -0.4 is 10.9 Å². The lowest BCUT2D eigenvalue weighted by Crippen LogP contribution is -2.43. The highest BCUT2D eigenvalue weighted by molar-refractivity contribution is 5.81. The summed E-state index contributed by atoms with van der Waals surface area (Å²) >= 11 is 0. The summed E-state index contributed by atoms with van der Waals surface area (Å²) in [4.78, 5) is 23.8. The molecule has 0 bridgehead atoms. The molecule has 182 valence electrons. The van der Waals surface area contributed by atoms with E-state index in [1.807, 2.05) is 16.7 Å². The van der Waals surface area contributed by atoms with E-state index in [-0.39, 0.29) is 11.6 Å². The van der Waals surface area contributed by atoms with Gasteiger partial charge in [0.15, 0.2) is 0 Å². The van der Waals surface area contributed by atoms with Gasteiger partial charge in [-0.1, -0.05) is 27.2 Å². The van der Waals surface area contributed by atoms with Crippen LogP contribution in [0.5, 0.6) is 0 Å². The van der Waals surface area contributed by atoms with E-state index in [2.05, 4.69) is 55.9 Å². The number of hydrogen-bond donors (Lipinski definition) is 1. The molecule has 0 aliphatic carbocycles. The van der Waals surface area contributed by atoms with Crippen molar-refractivity contribution < 1.29 is 0 Å². The summed E-state index contributed by atoms with van der Waals surface area (Å²) < 4.78 is 1.94. The topological polar surface area (TPSA) is 53.4 Å². The van der Waals surface area contributed by atoms with Gasteiger partial charge in [0.05, 0.1) is 16.9 Å². The van der Waals surface area contributed by atoms with Crippen LogP contribution in [0.4, 0.5) is 5.69 Å². The van der Waals surface area contributed by atoms with Gasteiger partial charge in [0.2, 0.25) is 0 Å². The number of hydrogen-bond acceptors (Lipinski definition) is 5. The zero-order valence-electron chi connectivity index (χ0n) is 21.3. The van der Waals surface area contributed by atoms with Crippen LogP contribution in [0.25, 0.3) is 10.9 Å². The third-order valence-corrected chi connectivity index (χ3v) is 7.59. The molecule has 3 atom stereocenters. The fourth-order valence-electron chi connectivity index (χ4n) is 5.99. The van der Waals surface area contributed by atoms with Crippen molar-refractivity contribution in [3.63, 3.8) is 0 Å². The Bertz CT molecular complexity index is 984. The van der Waals surface area contributed by atoms with Crippen LogP contribution in [-0.4, -0.2) is 58.6 Å². The summed E-state index contributed by atoms with van der Waals surface area (Å²) in [6.07, 6.45) is 5.68. The predicted octanol–water partition coefficient (Wildman–Crippen LogP) is 4.74. The first-order valence-corrected chi connectivity index (χ1v) is 13.1. The first kappa shape index (κ1) is 24.2. The van der Waals surface area contributed by atoms with Crippen molar-refractivity contribution in [2.75, 3.05) is 38.5 Å². The molecule has 2 saturated heterocycles. The van der Waals surface area contributed by atoms with E-state index in [1.54, 1.807) is 0 Å². The molecule has 2 aromatic rings. The van der Waals surface area contributed by atoms with E-state index in [4.69, 9.17) is 4.98 Å². The molecular weight excluding hydrogens is 410 g/mol. The summed E-state index contributed by atoms with van der Waals surface area (Å²) in [5, 5.41) is 4.40. The highest BCUT2D eigenvalue weighted by Crippen LogP contribution is 2.32. The second-order valence-corrected chi connectivity index (χ2v) is 10.7. The van der Waals surface area contributed by atoms with Crippen LogP contribution in [0.3, 0.4) is 0 Å². The van der Waals surface area contributed by atoms with Gasteiger partial charge >= 0.3 is 0 Å². The van der Waals surface area contributed by atoms with E-state index < -0.39 is 0 Å². The zero-order valence-corrected chi connectivity index (χ0v) is 21.3. The van der Waals surface area contributed by atoms with Crippen molar-refractivity contribution in [1.29, 1.82) is 0 Å². The maximum absolute atomic E-state index is 13.7. The number of anilines is 1. The third kappa shape index (κ3) is 5.43. The number of nitrogens with zero attached hydrogens (tertiary/aromatic N) is 4.